The maximum atomic E-state index is 13.0. The van der Waals surface area contributed by atoms with E-state index < -0.39 is 11.4 Å². The van der Waals surface area contributed by atoms with Crippen LogP contribution in [0.25, 0.3) is 10.9 Å². The topological polar surface area (TPSA) is 113 Å². The van der Waals surface area contributed by atoms with Gasteiger partial charge in [-0.1, -0.05) is 18.2 Å². The second-order valence-corrected chi connectivity index (χ2v) is 10.0. The van der Waals surface area contributed by atoms with Gasteiger partial charge in [0, 0.05) is 34.3 Å². The van der Waals surface area contributed by atoms with Gasteiger partial charge in [-0.15, -0.1) is 0 Å². The predicted molar refractivity (Wildman–Crippen MR) is 133 cm³/mol. The van der Waals surface area contributed by atoms with Gasteiger partial charge in [0.05, 0.1) is 17.5 Å². The highest BCUT2D eigenvalue weighted by molar-refractivity contribution is 5.95. The number of para-hydroxylation sites is 1. The van der Waals surface area contributed by atoms with Crippen LogP contribution >= 0.6 is 0 Å². The first-order chi connectivity index (χ1) is 16.6. The van der Waals surface area contributed by atoms with Gasteiger partial charge in [0.25, 0.3) is 5.91 Å². The van der Waals surface area contributed by atoms with Crippen molar-refractivity contribution in [3.63, 3.8) is 0 Å². The van der Waals surface area contributed by atoms with Crippen LogP contribution in [0.15, 0.2) is 54.6 Å². The van der Waals surface area contributed by atoms with E-state index in [9.17, 15) is 9.59 Å². The zero-order valence-corrected chi connectivity index (χ0v) is 20.5. The predicted octanol–water partition coefficient (Wildman–Crippen LogP) is 3.82. The largest absolute Gasteiger partial charge is 0.486 e. The minimum atomic E-state index is -0.794. The highest BCUT2D eigenvalue weighted by atomic mass is 16.5. The van der Waals surface area contributed by atoms with Crippen molar-refractivity contribution in [3.05, 3.63) is 71.4 Å². The summed E-state index contributed by atoms with van der Waals surface area (Å²) >= 11 is 0. The normalized spacial score (nSPS) is 19.8. The number of pyridine rings is 1. The Balaban J connectivity index is 1.48. The molecule has 2 unspecified atom stereocenters. The fourth-order valence-corrected chi connectivity index (χ4v) is 4.93. The molecule has 0 radical (unpaired) electrons. The van der Waals surface area contributed by atoms with Gasteiger partial charge < -0.3 is 15.4 Å². The van der Waals surface area contributed by atoms with E-state index in [1.165, 1.54) is 0 Å². The van der Waals surface area contributed by atoms with Gasteiger partial charge in [-0.05, 0) is 70.5 Å². The fraction of sp³-hybridized carbons (Fsp3) is 0.370. The quantitative estimate of drug-likeness (QED) is 0.305. The Kier molecular flexibility index (Phi) is 6.78. The van der Waals surface area contributed by atoms with Crippen LogP contribution in [0.4, 0.5) is 0 Å². The summed E-state index contributed by atoms with van der Waals surface area (Å²) in [5.74, 6) is -0.183. The lowest BCUT2D eigenvalue weighted by Gasteiger charge is -2.30. The molecular formula is C27H32N4O4. The summed E-state index contributed by atoms with van der Waals surface area (Å²) in [6.07, 6.45) is 0.314. The molecule has 1 aliphatic rings. The third-order valence-electron chi connectivity index (χ3n) is 6.43. The first kappa shape index (κ1) is 24.6. The number of hydrogen-bond acceptors (Lipinski definition) is 6. The van der Waals surface area contributed by atoms with Gasteiger partial charge in [0.15, 0.2) is 0 Å². The molecule has 2 amide bonds. The molecule has 0 saturated carbocycles. The number of amides is 2. The molecule has 0 aliphatic carbocycles. The van der Waals surface area contributed by atoms with Gasteiger partial charge in [-0.25, -0.2) is 5.48 Å². The minimum Gasteiger partial charge on any atom is -0.486 e. The van der Waals surface area contributed by atoms with E-state index in [4.69, 9.17) is 9.94 Å². The van der Waals surface area contributed by atoms with Crippen molar-refractivity contribution in [2.24, 2.45) is 0 Å². The average Bonchev–Trinajstić information content (AvgIpc) is 3.12. The van der Waals surface area contributed by atoms with Crippen molar-refractivity contribution in [3.8, 4) is 5.75 Å². The van der Waals surface area contributed by atoms with Crippen molar-refractivity contribution < 1.29 is 19.5 Å². The van der Waals surface area contributed by atoms with Gasteiger partial charge >= 0.3 is 0 Å². The number of aromatic nitrogens is 1. The van der Waals surface area contributed by atoms with Crippen molar-refractivity contribution in [1.82, 2.24) is 21.1 Å². The molecule has 3 aromatic rings. The standard InChI is InChI=1S/C27H32N4O4/c1-17-13-22(21-7-5-6-8-23(21)29-17)18(2)35-20-11-9-19(10-12-20)25(33)30-27(14-24(32)31-34)15-26(3,4)28-16-27/h5-13,18,28,34H,14-16H2,1-4H3,(H,30,33)(H,31,32). The van der Waals surface area contributed by atoms with Crippen LogP contribution in [-0.2, 0) is 4.79 Å². The lowest BCUT2D eigenvalue weighted by molar-refractivity contribution is -0.130. The molecule has 1 saturated heterocycles. The highest BCUT2D eigenvalue weighted by Crippen LogP contribution is 2.31. The molecule has 2 aromatic carbocycles. The van der Waals surface area contributed by atoms with Crippen LogP contribution in [0.1, 0.15) is 61.3 Å². The van der Waals surface area contributed by atoms with Gasteiger partial charge in [-0.2, -0.15) is 0 Å². The first-order valence-corrected chi connectivity index (χ1v) is 11.7. The smallest absolute Gasteiger partial charge is 0.251 e. The maximum absolute atomic E-state index is 13.0. The number of fused-ring (bicyclic) bond motifs is 1. The first-order valence-electron chi connectivity index (χ1n) is 11.7. The number of aryl methyl sites for hydroxylation is 1. The van der Waals surface area contributed by atoms with Crippen molar-refractivity contribution >= 4 is 22.7 Å². The lowest BCUT2D eigenvalue weighted by atomic mass is 9.86. The summed E-state index contributed by atoms with van der Waals surface area (Å²) in [5.41, 5.74) is 4.00. The number of nitrogens with one attached hydrogen (secondary N) is 3. The average molecular weight is 477 g/mol. The molecule has 0 spiro atoms. The van der Waals surface area contributed by atoms with Crippen molar-refractivity contribution in [1.29, 1.82) is 0 Å². The SMILES string of the molecule is Cc1cc(C(C)Oc2ccc(C(=O)NC3(CC(=O)NO)CNC(C)(C)C3)cc2)c2ccccc2n1. The van der Waals surface area contributed by atoms with Crippen LogP contribution in [0, 0.1) is 6.92 Å². The van der Waals surface area contributed by atoms with Gasteiger partial charge in [-0.3, -0.25) is 19.8 Å². The molecule has 4 N–H and O–H groups in total. The van der Waals surface area contributed by atoms with E-state index in [-0.39, 0.29) is 24.0 Å². The molecule has 0 bridgehead atoms. The Labute approximate surface area is 205 Å². The zero-order valence-electron chi connectivity index (χ0n) is 20.5. The molecule has 2 heterocycles. The number of nitrogens with zero attached hydrogens (tertiary/aromatic N) is 1. The summed E-state index contributed by atoms with van der Waals surface area (Å²) in [6.45, 7) is 8.41. The number of rotatable bonds is 7. The van der Waals surface area contributed by atoms with E-state index in [1.807, 2.05) is 58.0 Å². The second-order valence-electron chi connectivity index (χ2n) is 10.0. The molecule has 2 atom stereocenters. The Morgan fingerprint density at radius 2 is 1.89 bits per heavy atom. The summed E-state index contributed by atoms with van der Waals surface area (Å²) in [4.78, 5) is 29.5. The van der Waals surface area contributed by atoms with Crippen molar-refractivity contribution in [2.45, 2.75) is 57.7 Å². The third-order valence-corrected chi connectivity index (χ3v) is 6.43. The van der Waals surface area contributed by atoms with Crippen LogP contribution in [0.2, 0.25) is 0 Å². The molecule has 8 heteroatoms. The second kappa shape index (κ2) is 9.64. The van der Waals surface area contributed by atoms with Crippen LogP contribution in [-0.4, -0.2) is 39.6 Å². The Morgan fingerprint density at radius 3 is 2.54 bits per heavy atom. The summed E-state index contributed by atoms with van der Waals surface area (Å²) in [6, 6.07) is 17.0. The third kappa shape index (κ3) is 5.61. The van der Waals surface area contributed by atoms with E-state index in [0.717, 1.165) is 22.2 Å². The number of ether oxygens (including phenoxy) is 1. The summed E-state index contributed by atoms with van der Waals surface area (Å²) in [7, 11) is 0. The molecule has 1 fully saturated rings. The summed E-state index contributed by atoms with van der Waals surface area (Å²) < 4.78 is 6.20. The number of hydroxylamine groups is 1. The highest BCUT2D eigenvalue weighted by Gasteiger charge is 2.45. The number of carbonyl (C=O) groups is 2. The fourth-order valence-electron chi connectivity index (χ4n) is 4.93. The van der Waals surface area contributed by atoms with E-state index in [1.54, 1.807) is 29.7 Å². The molecule has 1 aromatic heterocycles. The van der Waals surface area contributed by atoms with Crippen molar-refractivity contribution in [2.75, 3.05) is 6.54 Å². The molecule has 4 rings (SSSR count). The van der Waals surface area contributed by atoms with E-state index >= 15 is 0 Å². The van der Waals surface area contributed by atoms with Gasteiger partial charge in [0.2, 0.25) is 5.91 Å². The van der Waals surface area contributed by atoms with Gasteiger partial charge in [0.1, 0.15) is 11.9 Å². The number of hydrogen-bond donors (Lipinski definition) is 4. The molecule has 35 heavy (non-hydrogen) atoms. The minimum absolute atomic E-state index is 0.0241. The Bertz CT molecular complexity index is 1240. The maximum Gasteiger partial charge on any atom is 0.251 e. The molecular weight excluding hydrogens is 444 g/mol. The van der Waals surface area contributed by atoms with E-state index in [0.29, 0.717) is 24.3 Å². The zero-order chi connectivity index (χ0) is 25.2. The van der Waals surface area contributed by atoms with Crippen LogP contribution in [0.3, 0.4) is 0 Å². The molecule has 8 nitrogen and oxygen atoms in total. The Hall–Kier alpha value is -3.49. The number of carbonyl (C=O) groups excluding carboxylic acids is 2. The summed E-state index contributed by atoms with van der Waals surface area (Å²) in [5, 5.41) is 16.4. The monoisotopic (exact) mass is 476 g/mol. The lowest BCUT2D eigenvalue weighted by Crippen LogP contribution is -2.52. The molecule has 184 valence electrons. The number of benzene rings is 2. The van der Waals surface area contributed by atoms with Crippen LogP contribution in [0.5, 0.6) is 5.75 Å². The van der Waals surface area contributed by atoms with Crippen LogP contribution < -0.4 is 20.9 Å². The Morgan fingerprint density at radius 1 is 1.17 bits per heavy atom. The van der Waals surface area contributed by atoms with E-state index in [2.05, 4.69) is 15.6 Å². The molecule has 1 aliphatic heterocycles.